The number of benzene rings is 1. The zero-order valence-electron chi connectivity index (χ0n) is 21.3. The summed E-state index contributed by atoms with van der Waals surface area (Å²) in [5.74, 6) is 0.119. The van der Waals surface area contributed by atoms with Gasteiger partial charge < -0.3 is 24.4 Å². The Hall–Kier alpha value is -2.64. The summed E-state index contributed by atoms with van der Waals surface area (Å²) in [6, 6.07) is 7.56. The van der Waals surface area contributed by atoms with Gasteiger partial charge in [0, 0.05) is 18.8 Å². The van der Waals surface area contributed by atoms with E-state index in [9.17, 15) is 19.8 Å². The minimum absolute atomic E-state index is 0.0494. The third-order valence-corrected chi connectivity index (χ3v) is 7.63. The lowest BCUT2D eigenvalue weighted by Gasteiger charge is -2.43. The van der Waals surface area contributed by atoms with E-state index < -0.39 is 30.4 Å². The lowest BCUT2D eigenvalue weighted by Crippen LogP contribution is -2.44. The number of carbonyl (C=O) groups is 2. The van der Waals surface area contributed by atoms with Gasteiger partial charge >= 0.3 is 11.9 Å². The number of carbonyl (C=O) groups excluding carboxylic acids is 2. The monoisotopic (exact) mass is 498 g/mol. The summed E-state index contributed by atoms with van der Waals surface area (Å²) in [6.45, 7) is 6.01. The zero-order valence-corrected chi connectivity index (χ0v) is 21.3. The summed E-state index contributed by atoms with van der Waals surface area (Å²) in [5.41, 5.74) is 2.08. The number of aliphatic hydroxyl groups is 2. The smallest absolute Gasteiger partial charge is 0.347 e. The van der Waals surface area contributed by atoms with Crippen LogP contribution in [0.5, 0.6) is 5.75 Å². The van der Waals surface area contributed by atoms with Gasteiger partial charge in [0.25, 0.3) is 0 Å². The maximum atomic E-state index is 13.2. The number of cyclic esters (lactones) is 1. The topological polar surface area (TPSA) is 102 Å². The number of aryl methyl sites for hydroxylation is 1. The Morgan fingerprint density at radius 3 is 2.61 bits per heavy atom. The van der Waals surface area contributed by atoms with Crippen molar-refractivity contribution in [1.82, 2.24) is 0 Å². The Morgan fingerprint density at radius 2 is 1.92 bits per heavy atom. The van der Waals surface area contributed by atoms with Gasteiger partial charge in [-0.25, -0.2) is 4.79 Å². The van der Waals surface area contributed by atoms with Gasteiger partial charge in [0.1, 0.15) is 18.0 Å². The summed E-state index contributed by atoms with van der Waals surface area (Å²) in [4.78, 5) is 25.0. The number of rotatable bonds is 8. The minimum atomic E-state index is -0.739. The van der Waals surface area contributed by atoms with E-state index >= 15 is 0 Å². The van der Waals surface area contributed by atoms with Crippen LogP contribution in [0.2, 0.25) is 0 Å². The average molecular weight is 499 g/mol. The molecule has 0 aromatic heterocycles. The van der Waals surface area contributed by atoms with Crippen molar-refractivity contribution in [3.8, 4) is 5.75 Å². The quantitative estimate of drug-likeness (QED) is 0.522. The van der Waals surface area contributed by atoms with E-state index in [-0.39, 0.29) is 36.2 Å². The van der Waals surface area contributed by atoms with Crippen LogP contribution < -0.4 is 4.74 Å². The predicted octanol–water partition coefficient (Wildman–Crippen LogP) is 4.04. The first-order chi connectivity index (χ1) is 17.2. The van der Waals surface area contributed by atoms with Gasteiger partial charge in [-0.1, -0.05) is 49.8 Å². The molecule has 7 nitrogen and oxygen atoms in total. The third-order valence-electron chi connectivity index (χ3n) is 7.63. The lowest BCUT2D eigenvalue weighted by molar-refractivity contribution is -0.165. The number of ether oxygens (including phenoxy) is 3. The molecule has 7 heteroatoms. The van der Waals surface area contributed by atoms with Crippen LogP contribution in [-0.4, -0.2) is 52.7 Å². The van der Waals surface area contributed by atoms with Crippen LogP contribution in [0.15, 0.2) is 48.1 Å². The fourth-order valence-corrected chi connectivity index (χ4v) is 5.71. The van der Waals surface area contributed by atoms with Crippen LogP contribution in [0.4, 0.5) is 0 Å². The van der Waals surface area contributed by atoms with Crippen LogP contribution in [0.25, 0.3) is 0 Å². The predicted molar refractivity (Wildman–Crippen MR) is 134 cm³/mol. The molecule has 4 rings (SSSR count). The molecule has 1 aliphatic heterocycles. The first-order valence-electron chi connectivity index (χ1n) is 13.1. The van der Waals surface area contributed by atoms with Gasteiger partial charge in [0.2, 0.25) is 0 Å². The molecule has 1 aromatic carbocycles. The Labute approximate surface area is 213 Å². The molecule has 2 aliphatic carbocycles. The molecular formula is C29H38O7. The molecule has 36 heavy (non-hydrogen) atoms. The third kappa shape index (κ3) is 6.37. The second-order valence-corrected chi connectivity index (χ2v) is 10.5. The van der Waals surface area contributed by atoms with Gasteiger partial charge in [0.05, 0.1) is 18.6 Å². The molecule has 1 heterocycles. The standard InChI is InChI=1S/C29H38O7/c1-4-25(34-22-9-5-17(2)6-10-22)29(33)36-26-15-20(30)13-19-8-7-18(3)24(28(19)26)12-11-23-14-21(31)16-27(32)35-23/h5-10,13,18,20-21,23-26,28,30-31H,4,11-12,14-16H2,1-3H3/t18-,20+,21+,23+,24-,25?,26-,28-/m0/s1. The van der Waals surface area contributed by atoms with Crippen molar-refractivity contribution in [2.45, 2.75) is 89.8 Å². The Kier molecular flexibility index (Phi) is 8.52. The van der Waals surface area contributed by atoms with Crippen molar-refractivity contribution in [1.29, 1.82) is 0 Å². The number of aliphatic hydroxyl groups excluding tert-OH is 2. The molecule has 0 saturated carbocycles. The van der Waals surface area contributed by atoms with E-state index in [0.717, 1.165) is 17.6 Å². The highest BCUT2D eigenvalue weighted by Gasteiger charge is 2.43. The van der Waals surface area contributed by atoms with Crippen molar-refractivity contribution in [2.24, 2.45) is 17.8 Å². The fourth-order valence-electron chi connectivity index (χ4n) is 5.71. The summed E-state index contributed by atoms with van der Waals surface area (Å²) in [6.07, 6.45) is 5.79. The Bertz CT molecular complexity index is 982. The number of hydrogen-bond donors (Lipinski definition) is 2. The van der Waals surface area contributed by atoms with Crippen molar-refractivity contribution >= 4 is 11.9 Å². The fraction of sp³-hybridized carbons (Fsp3) is 0.586. The van der Waals surface area contributed by atoms with Gasteiger partial charge in [-0.05, 0) is 55.7 Å². The molecule has 0 radical (unpaired) electrons. The summed E-state index contributed by atoms with van der Waals surface area (Å²) in [7, 11) is 0. The van der Waals surface area contributed by atoms with E-state index in [1.807, 2.05) is 50.3 Å². The highest BCUT2D eigenvalue weighted by atomic mass is 16.6. The second-order valence-electron chi connectivity index (χ2n) is 10.5. The molecule has 8 atom stereocenters. The van der Waals surface area contributed by atoms with Crippen LogP contribution in [-0.2, 0) is 19.1 Å². The molecule has 1 saturated heterocycles. The number of fused-ring (bicyclic) bond motifs is 1. The summed E-state index contributed by atoms with van der Waals surface area (Å²) < 4.78 is 17.5. The Morgan fingerprint density at radius 1 is 1.17 bits per heavy atom. The summed E-state index contributed by atoms with van der Waals surface area (Å²) in [5, 5.41) is 20.5. The van der Waals surface area contributed by atoms with Crippen molar-refractivity contribution in [3.63, 3.8) is 0 Å². The highest BCUT2D eigenvalue weighted by Crippen LogP contribution is 2.44. The molecule has 0 bridgehead atoms. The maximum absolute atomic E-state index is 13.2. The molecule has 1 fully saturated rings. The lowest BCUT2D eigenvalue weighted by atomic mass is 9.66. The van der Waals surface area contributed by atoms with E-state index in [4.69, 9.17) is 14.2 Å². The average Bonchev–Trinajstić information content (AvgIpc) is 2.82. The van der Waals surface area contributed by atoms with E-state index in [0.29, 0.717) is 31.4 Å². The normalized spacial score (nSPS) is 32.6. The van der Waals surface area contributed by atoms with Gasteiger partial charge in [-0.3, -0.25) is 4.79 Å². The van der Waals surface area contributed by atoms with E-state index in [1.54, 1.807) is 0 Å². The van der Waals surface area contributed by atoms with Gasteiger partial charge in [-0.2, -0.15) is 0 Å². The van der Waals surface area contributed by atoms with Crippen LogP contribution in [0, 0.1) is 24.7 Å². The first kappa shape index (κ1) is 26.4. The van der Waals surface area contributed by atoms with Crippen LogP contribution >= 0.6 is 0 Å². The first-order valence-corrected chi connectivity index (χ1v) is 13.1. The van der Waals surface area contributed by atoms with Crippen molar-refractivity contribution in [3.05, 3.63) is 53.6 Å². The number of hydrogen-bond acceptors (Lipinski definition) is 7. The minimum Gasteiger partial charge on any atom is -0.479 e. The molecule has 1 aromatic rings. The van der Waals surface area contributed by atoms with Crippen LogP contribution in [0.3, 0.4) is 0 Å². The maximum Gasteiger partial charge on any atom is 0.347 e. The van der Waals surface area contributed by atoms with Crippen LogP contribution in [0.1, 0.15) is 57.9 Å². The zero-order chi connectivity index (χ0) is 25.8. The van der Waals surface area contributed by atoms with Crippen molar-refractivity contribution in [2.75, 3.05) is 0 Å². The van der Waals surface area contributed by atoms with Gasteiger partial charge in [-0.15, -0.1) is 0 Å². The van der Waals surface area contributed by atoms with Gasteiger partial charge in [0.15, 0.2) is 6.10 Å². The Balaban J connectivity index is 1.47. The molecular weight excluding hydrogens is 460 g/mol. The molecule has 2 N–H and O–H groups in total. The van der Waals surface area contributed by atoms with E-state index in [1.165, 1.54) is 0 Å². The molecule has 1 unspecified atom stereocenters. The molecule has 196 valence electrons. The van der Waals surface area contributed by atoms with E-state index in [2.05, 4.69) is 13.0 Å². The van der Waals surface area contributed by atoms with Crippen molar-refractivity contribution < 1.29 is 34.0 Å². The molecule has 3 aliphatic rings. The largest absolute Gasteiger partial charge is 0.479 e. The summed E-state index contributed by atoms with van der Waals surface area (Å²) >= 11 is 0. The highest BCUT2D eigenvalue weighted by molar-refractivity contribution is 5.75. The second kappa shape index (κ2) is 11.6. The molecule has 0 spiro atoms. The number of allylic oxidation sites excluding steroid dienone is 2. The number of esters is 2. The molecule has 0 amide bonds. The SMILES string of the molecule is CCC(Oc1ccc(C)cc1)C(=O)O[C@H]1C[C@H](O)C=C2C=C[C@H](C)[C@H](CC[C@@H]3C[C@@H](O)CC(=O)O3)[C@H]21.